The number of amides is 1. The fraction of sp³-hybridized carbons (Fsp3) is 0.333. The summed E-state index contributed by atoms with van der Waals surface area (Å²) in [4.78, 5) is 24.8. The third kappa shape index (κ3) is 4.33. The second-order valence-electron chi connectivity index (χ2n) is 3.91. The molecule has 0 aliphatic rings. The zero-order chi connectivity index (χ0) is 14.4. The Labute approximate surface area is 115 Å². The van der Waals surface area contributed by atoms with Crippen LogP contribution in [0.1, 0.15) is 24.5 Å². The Bertz CT molecular complexity index is 529. The number of aromatic nitrogens is 1. The zero-order valence-corrected chi connectivity index (χ0v) is 11.4. The van der Waals surface area contributed by atoms with Gasteiger partial charge in [0.15, 0.2) is 0 Å². The number of halogens is 1. The molecule has 19 heavy (non-hydrogen) atoms. The van der Waals surface area contributed by atoms with Crippen molar-refractivity contribution < 1.29 is 9.72 Å². The average Bonchev–Trinajstić information content (AvgIpc) is 2.30. The summed E-state index contributed by atoms with van der Waals surface area (Å²) in [5, 5.41) is 13.4. The van der Waals surface area contributed by atoms with Crippen molar-refractivity contribution in [3.63, 3.8) is 0 Å². The molecule has 1 aromatic rings. The minimum atomic E-state index is -0.542. The number of nitrogens with zero attached hydrogens (tertiary/aromatic N) is 2. The van der Waals surface area contributed by atoms with E-state index in [4.69, 9.17) is 11.6 Å². The Hall–Kier alpha value is -1.95. The van der Waals surface area contributed by atoms with Crippen molar-refractivity contribution in [2.45, 2.75) is 20.3 Å². The van der Waals surface area contributed by atoms with Gasteiger partial charge in [-0.3, -0.25) is 14.9 Å². The van der Waals surface area contributed by atoms with Crippen LogP contribution in [0, 0.1) is 17.0 Å². The van der Waals surface area contributed by atoms with Gasteiger partial charge >= 0.3 is 5.69 Å². The Morgan fingerprint density at radius 1 is 1.63 bits per heavy atom. The van der Waals surface area contributed by atoms with Crippen LogP contribution in [0.2, 0.25) is 5.15 Å². The van der Waals surface area contributed by atoms with Gasteiger partial charge in [0.2, 0.25) is 11.1 Å². The number of carbonyl (C=O) groups is 1. The van der Waals surface area contributed by atoms with E-state index in [9.17, 15) is 14.9 Å². The van der Waals surface area contributed by atoms with Gasteiger partial charge in [-0.15, -0.1) is 0 Å². The van der Waals surface area contributed by atoms with Crippen molar-refractivity contribution in [1.82, 2.24) is 10.3 Å². The van der Waals surface area contributed by atoms with E-state index in [1.807, 2.05) is 6.08 Å². The summed E-state index contributed by atoms with van der Waals surface area (Å²) in [6, 6.07) is 0. The molecule has 6 nitrogen and oxygen atoms in total. The maximum absolute atomic E-state index is 10.9. The van der Waals surface area contributed by atoms with Crippen molar-refractivity contribution in [2.75, 3.05) is 6.54 Å². The van der Waals surface area contributed by atoms with Crippen molar-refractivity contribution >= 4 is 29.3 Å². The lowest BCUT2D eigenvalue weighted by atomic mass is 10.1. The maximum Gasteiger partial charge on any atom is 0.309 e. The first-order valence-electron chi connectivity index (χ1n) is 5.64. The van der Waals surface area contributed by atoms with E-state index >= 15 is 0 Å². The summed E-state index contributed by atoms with van der Waals surface area (Å²) >= 11 is 5.69. The largest absolute Gasteiger partial charge is 0.356 e. The van der Waals surface area contributed by atoms with Crippen molar-refractivity contribution in [3.8, 4) is 0 Å². The standard InChI is InChI=1S/C12H14ClN3O3/c1-8-10(5-3-4-6-14-9(2)17)7-15-12(13)11(8)16(18)19/h3,5,7H,4,6H2,1-2H3,(H,14,17). The molecule has 0 radical (unpaired) electrons. The average molecular weight is 284 g/mol. The van der Waals surface area contributed by atoms with Crippen LogP contribution in [0.4, 0.5) is 5.69 Å². The lowest BCUT2D eigenvalue weighted by molar-refractivity contribution is -0.385. The van der Waals surface area contributed by atoms with Gasteiger partial charge in [-0.25, -0.2) is 4.98 Å². The van der Waals surface area contributed by atoms with Crippen LogP contribution in [0.5, 0.6) is 0 Å². The van der Waals surface area contributed by atoms with Crippen molar-refractivity contribution in [3.05, 3.63) is 38.7 Å². The molecule has 0 aliphatic carbocycles. The molecule has 0 bridgehead atoms. The number of pyridine rings is 1. The van der Waals surface area contributed by atoms with Crippen LogP contribution < -0.4 is 5.32 Å². The molecule has 0 saturated carbocycles. The van der Waals surface area contributed by atoms with E-state index in [1.54, 1.807) is 13.0 Å². The molecule has 0 saturated heterocycles. The molecule has 102 valence electrons. The van der Waals surface area contributed by atoms with E-state index in [2.05, 4.69) is 10.3 Å². The summed E-state index contributed by atoms with van der Waals surface area (Å²) in [6.07, 6.45) is 5.67. The van der Waals surface area contributed by atoms with Gasteiger partial charge < -0.3 is 5.32 Å². The number of nitro groups is 1. The van der Waals surface area contributed by atoms with Crippen molar-refractivity contribution in [1.29, 1.82) is 0 Å². The van der Waals surface area contributed by atoms with E-state index in [0.29, 0.717) is 24.1 Å². The van der Waals surface area contributed by atoms with Gasteiger partial charge in [0.25, 0.3) is 0 Å². The molecule has 0 unspecified atom stereocenters. The van der Waals surface area contributed by atoms with Crippen LogP contribution in [0.3, 0.4) is 0 Å². The molecule has 0 aliphatic heterocycles. The van der Waals surface area contributed by atoms with Crippen molar-refractivity contribution in [2.24, 2.45) is 0 Å². The highest BCUT2D eigenvalue weighted by atomic mass is 35.5. The second-order valence-corrected chi connectivity index (χ2v) is 4.27. The van der Waals surface area contributed by atoms with Crippen LogP contribution in [0.15, 0.2) is 12.3 Å². The van der Waals surface area contributed by atoms with E-state index in [-0.39, 0.29) is 16.7 Å². The number of rotatable bonds is 5. The van der Waals surface area contributed by atoms with Crippen LogP contribution in [-0.2, 0) is 4.79 Å². The molecular weight excluding hydrogens is 270 g/mol. The topological polar surface area (TPSA) is 85.1 Å². The number of hydrogen-bond donors (Lipinski definition) is 1. The Morgan fingerprint density at radius 3 is 2.89 bits per heavy atom. The molecule has 7 heteroatoms. The summed E-state index contributed by atoms with van der Waals surface area (Å²) in [5.41, 5.74) is 0.936. The summed E-state index contributed by atoms with van der Waals surface area (Å²) in [7, 11) is 0. The molecule has 1 amide bonds. The third-order valence-corrected chi connectivity index (χ3v) is 2.74. The second kappa shape index (κ2) is 6.84. The molecule has 1 N–H and O–H groups in total. The zero-order valence-electron chi connectivity index (χ0n) is 10.6. The summed E-state index contributed by atoms with van der Waals surface area (Å²) < 4.78 is 0. The quantitative estimate of drug-likeness (QED) is 0.389. The van der Waals surface area contributed by atoms with Crippen LogP contribution in [0.25, 0.3) is 6.08 Å². The molecule has 1 heterocycles. The minimum Gasteiger partial charge on any atom is -0.356 e. The van der Waals surface area contributed by atoms with Crippen LogP contribution in [-0.4, -0.2) is 22.4 Å². The van der Waals surface area contributed by atoms with Gasteiger partial charge in [-0.1, -0.05) is 23.8 Å². The Balaban J connectivity index is 2.79. The van der Waals surface area contributed by atoms with Crippen LogP contribution >= 0.6 is 11.6 Å². The van der Waals surface area contributed by atoms with Gasteiger partial charge in [0, 0.05) is 30.8 Å². The lowest BCUT2D eigenvalue weighted by Crippen LogP contribution is -2.20. The monoisotopic (exact) mass is 283 g/mol. The smallest absolute Gasteiger partial charge is 0.309 e. The summed E-state index contributed by atoms with van der Waals surface area (Å²) in [5.74, 6) is -0.0895. The van der Waals surface area contributed by atoms with Gasteiger partial charge in [0.05, 0.1) is 4.92 Å². The fourth-order valence-corrected chi connectivity index (χ4v) is 1.76. The van der Waals surface area contributed by atoms with E-state index in [1.165, 1.54) is 13.1 Å². The number of nitrogens with one attached hydrogen (secondary N) is 1. The normalized spacial score (nSPS) is 10.7. The Morgan fingerprint density at radius 2 is 2.32 bits per heavy atom. The lowest BCUT2D eigenvalue weighted by Gasteiger charge is -2.03. The van der Waals surface area contributed by atoms with Gasteiger partial charge in [0.1, 0.15) is 0 Å². The number of carbonyl (C=O) groups excluding carboxylic acids is 1. The molecule has 0 aromatic carbocycles. The fourth-order valence-electron chi connectivity index (χ4n) is 1.50. The molecular formula is C12H14ClN3O3. The van der Waals surface area contributed by atoms with Gasteiger partial charge in [-0.05, 0) is 13.3 Å². The van der Waals surface area contributed by atoms with E-state index < -0.39 is 4.92 Å². The highest BCUT2D eigenvalue weighted by molar-refractivity contribution is 6.31. The molecule has 1 rings (SSSR count). The number of hydrogen-bond acceptors (Lipinski definition) is 4. The highest BCUT2D eigenvalue weighted by Gasteiger charge is 2.19. The Kier molecular flexibility index (Phi) is 5.44. The highest BCUT2D eigenvalue weighted by Crippen LogP contribution is 2.28. The first-order chi connectivity index (χ1) is 8.93. The SMILES string of the molecule is CC(=O)NCCC=Cc1cnc(Cl)c([N+](=O)[O-])c1C. The van der Waals surface area contributed by atoms with E-state index in [0.717, 1.165) is 0 Å². The molecule has 0 fully saturated rings. The molecule has 1 aromatic heterocycles. The summed E-state index contributed by atoms with van der Waals surface area (Å²) in [6.45, 7) is 3.59. The molecule has 0 spiro atoms. The predicted octanol–water partition coefficient (Wildman–Crippen LogP) is 2.49. The molecule has 0 atom stereocenters. The third-order valence-electron chi connectivity index (χ3n) is 2.47. The van der Waals surface area contributed by atoms with Gasteiger partial charge in [-0.2, -0.15) is 0 Å². The first-order valence-corrected chi connectivity index (χ1v) is 6.01. The first kappa shape index (κ1) is 15.1. The minimum absolute atomic E-state index is 0.0895. The predicted molar refractivity (Wildman–Crippen MR) is 73.0 cm³/mol. The maximum atomic E-state index is 10.9.